The summed E-state index contributed by atoms with van der Waals surface area (Å²) in [6, 6.07) is 12.8. The highest BCUT2D eigenvalue weighted by atomic mass is 16.5. The van der Waals surface area contributed by atoms with E-state index < -0.39 is 0 Å². The Morgan fingerprint density at radius 3 is 2.70 bits per heavy atom. The Balaban J connectivity index is 1.58. The fourth-order valence-corrected chi connectivity index (χ4v) is 2.73. The van der Waals surface area contributed by atoms with Crippen molar-refractivity contribution < 1.29 is 9.53 Å². The number of H-pyrrole nitrogens is 1. The Kier molecular flexibility index (Phi) is 6.63. The Labute approximate surface area is 174 Å². The van der Waals surface area contributed by atoms with Gasteiger partial charge in [-0.3, -0.25) is 4.79 Å². The molecule has 0 spiro atoms. The fraction of sp³-hybridized carbons (Fsp3) is 0.238. The third-order valence-electron chi connectivity index (χ3n) is 4.17. The number of aromatic amines is 1. The van der Waals surface area contributed by atoms with Gasteiger partial charge in [0.15, 0.2) is 5.82 Å². The van der Waals surface area contributed by atoms with Crippen LogP contribution in [-0.2, 0) is 4.79 Å². The molecule has 2 aromatic carbocycles. The van der Waals surface area contributed by atoms with E-state index in [0.717, 1.165) is 11.3 Å². The van der Waals surface area contributed by atoms with Crippen molar-refractivity contribution in [3.05, 3.63) is 48.0 Å². The summed E-state index contributed by atoms with van der Waals surface area (Å²) in [4.78, 5) is 14.7. The summed E-state index contributed by atoms with van der Waals surface area (Å²) >= 11 is 0. The topological polar surface area (TPSA) is 142 Å². The highest BCUT2D eigenvalue weighted by Gasteiger charge is 2.08. The van der Waals surface area contributed by atoms with E-state index >= 15 is 0 Å². The molecular formula is C21H25N7O2. The number of rotatable bonds is 9. The molecule has 6 N–H and O–H groups in total. The molecule has 9 heteroatoms. The van der Waals surface area contributed by atoms with E-state index in [1.54, 1.807) is 18.2 Å². The highest BCUT2D eigenvalue weighted by Crippen LogP contribution is 2.22. The zero-order valence-electron chi connectivity index (χ0n) is 16.9. The van der Waals surface area contributed by atoms with Gasteiger partial charge in [-0.15, -0.1) is 10.2 Å². The van der Waals surface area contributed by atoms with Crippen LogP contribution in [0.1, 0.15) is 25.8 Å². The first kappa shape index (κ1) is 20.8. The number of hydrogen-bond donors (Lipinski definition) is 5. The molecule has 0 saturated heterocycles. The molecule has 0 fully saturated rings. The second-order valence-corrected chi connectivity index (χ2v) is 6.98. The van der Waals surface area contributed by atoms with Gasteiger partial charge in [-0.05, 0) is 56.3 Å². The van der Waals surface area contributed by atoms with Crippen LogP contribution in [0.15, 0.2) is 42.5 Å². The average molecular weight is 407 g/mol. The van der Waals surface area contributed by atoms with Crippen molar-refractivity contribution >= 4 is 29.4 Å². The van der Waals surface area contributed by atoms with Crippen molar-refractivity contribution in [2.75, 3.05) is 17.7 Å². The molecule has 156 valence electrons. The first-order valence-electron chi connectivity index (χ1n) is 9.57. The van der Waals surface area contributed by atoms with Crippen molar-refractivity contribution in [2.45, 2.75) is 26.3 Å². The largest absolute Gasteiger partial charge is 0.493 e. The molecule has 0 saturated carbocycles. The van der Waals surface area contributed by atoms with E-state index in [0.29, 0.717) is 41.8 Å². The van der Waals surface area contributed by atoms with E-state index in [1.165, 1.54) is 6.21 Å². The number of nitrogens with zero attached hydrogens (tertiary/aromatic N) is 2. The number of aromatic nitrogens is 3. The molecule has 9 nitrogen and oxygen atoms in total. The van der Waals surface area contributed by atoms with Gasteiger partial charge in [-0.2, -0.15) is 0 Å². The van der Waals surface area contributed by atoms with E-state index in [-0.39, 0.29) is 11.9 Å². The van der Waals surface area contributed by atoms with Crippen LogP contribution in [0.3, 0.4) is 0 Å². The summed E-state index contributed by atoms with van der Waals surface area (Å²) in [6.07, 6.45) is 1.51. The summed E-state index contributed by atoms with van der Waals surface area (Å²) in [6.45, 7) is 4.16. The van der Waals surface area contributed by atoms with Crippen LogP contribution in [0.25, 0.3) is 11.4 Å². The first-order valence-corrected chi connectivity index (χ1v) is 9.57. The molecule has 1 aromatic heterocycles. The van der Waals surface area contributed by atoms with Crippen molar-refractivity contribution in [2.24, 2.45) is 0 Å². The molecular weight excluding hydrogens is 382 g/mol. The number of nitrogen functional groups attached to an aromatic ring is 1. The molecule has 1 amide bonds. The van der Waals surface area contributed by atoms with E-state index in [4.69, 9.17) is 15.9 Å². The summed E-state index contributed by atoms with van der Waals surface area (Å²) < 4.78 is 5.62. The van der Waals surface area contributed by atoms with E-state index in [9.17, 15) is 4.79 Å². The number of anilines is 3. The Morgan fingerprint density at radius 1 is 1.23 bits per heavy atom. The van der Waals surface area contributed by atoms with Gasteiger partial charge in [0.2, 0.25) is 11.9 Å². The lowest BCUT2D eigenvalue weighted by molar-refractivity contribution is -0.122. The maximum absolute atomic E-state index is 11.6. The fourth-order valence-electron chi connectivity index (χ4n) is 2.73. The van der Waals surface area contributed by atoms with Gasteiger partial charge in [-0.1, -0.05) is 0 Å². The number of nitrogens with two attached hydrogens (primary N) is 1. The number of hydrogen-bond acceptors (Lipinski definition) is 7. The molecule has 0 radical (unpaired) electrons. The SMILES string of the molecule is CC(C)NC(=O)CCOc1ccc(-c2nnc(Nc3ccc(N)c(C=N)c3)[nH]2)cc1. The van der Waals surface area contributed by atoms with Crippen LogP contribution in [0.4, 0.5) is 17.3 Å². The molecule has 0 aliphatic rings. The van der Waals surface area contributed by atoms with Crippen LogP contribution in [0.5, 0.6) is 5.75 Å². The second kappa shape index (κ2) is 9.55. The lowest BCUT2D eigenvalue weighted by Gasteiger charge is -2.09. The van der Waals surface area contributed by atoms with Crippen LogP contribution in [-0.4, -0.2) is 40.0 Å². The lowest BCUT2D eigenvalue weighted by Crippen LogP contribution is -2.31. The monoisotopic (exact) mass is 407 g/mol. The summed E-state index contributed by atoms with van der Waals surface area (Å²) in [5.41, 5.74) is 8.56. The first-order chi connectivity index (χ1) is 14.4. The third kappa shape index (κ3) is 5.57. The van der Waals surface area contributed by atoms with Crippen LogP contribution in [0.2, 0.25) is 0 Å². The standard InChI is InChI=1S/C21H25N7O2/c1-13(2)24-19(29)9-10-30-17-6-3-14(4-7-17)20-26-21(28-27-20)25-16-5-8-18(23)15(11-16)12-22/h3-8,11-13,22H,9-10,23H2,1-2H3,(H,24,29)(H2,25,26,27,28). The van der Waals surface area contributed by atoms with Crippen LogP contribution < -0.4 is 21.1 Å². The van der Waals surface area contributed by atoms with Crippen molar-refractivity contribution in [3.8, 4) is 17.1 Å². The number of ether oxygens (including phenoxy) is 1. The second-order valence-electron chi connectivity index (χ2n) is 6.98. The number of amides is 1. The molecule has 0 bridgehead atoms. The van der Waals surface area contributed by atoms with Gasteiger partial charge in [0.05, 0.1) is 13.0 Å². The van der Waals surface area contributed by atoms with Gasteiger partial charge >= 0.3 is 0 Å². The normalized spacial score (nSPS) is 10.6. The Morgan fingerprint density at radius 2 is 2.00 bits per heavy atom. The lowest BCUT2D eigenvalue weighted by atomic mass is 10.2. The number of nitrogens with one attached hydrogen (secondary N) is 4. The average Bonchev–Trinajstić information content (AvgIpc) is 3.18. The smallest absolute Gasteiger partial charge is 0.226 e. The molecule has 1 heterocycles. The predicted molar refractivity (Wildman–Crippen MR) is 117 cm³/mol. The quantitative estimate of drug-likeness (QED) is 0.273. The van der Waals surface area contributed by atoms with Crippen molar-refractivity contribution in [3.63, 3.8) is 0 Å². The minimum atomic E-state index is -0.0304. The molecule has 30 heavy (non-hydrogen) atoms. The maximum atomic E-state index is 11.6. The zero-order chi connectivity index (χ0) is 21.5. The Bertz CT molecular complexity index is 1010. The number of benzene rings is 2. The zero-order valence-corrected chi connectivity index (χ0v) is 16.9. The van der Waals surface area contributed by atoms with Gasteiger partial charge in [0.1, 0.15) is 5.75 Å². The summed E-state index contributed by atoms with van der Waals surface area (Å²) in [5.74, 6) is 1.72. The minimum absolute atomic E-state index is 0.0304. The van der Waals surface area contributed by atoms with E-state index in [2.05, 4.69) is 25.8 Å². The maximum Gasteiger partial charge on any atom is 0.226 e. The molecule has 0 atom stereocenters. The molecule has 0 aliphatic heterocycles. The molecule has 3 aromatic rings. The molecule has 0 aliphatic carbocycles. The number of carbonyl (C=O) groups is 1. The highest BCUT2D eigenvalue weighted by molar-refractivity contribution is 5.87. The molecule has 0 unspecified atom stereocenters. The van der Waals surface area contributed by atoms with Gasteiger partial charge in [0.25, 0.3) is 0 Å². The van der Waals surface area contributed by atoms with Gasteiger partial charge in [-0.25, -0.2) is 0 Å². The number of carbonyl (C=O) groups excluding carboxylic acids is 1. The summed E-state index contributed by atoms with van der Waals surface area (Å²) in [7, 11) is 0. The van der Waals surface area contributed by atoms with Crippen molar-refractivity contribution in [1.29, 1.82) is 5.41 Å². The Hall–Kier alpha value is -3.88. The molecule has 3 rings (SSSR count). The third-order valence-corrected chi connectivity index (χ3v) is 4.17. The van der Waals surface area contributed by atoms with Crippen LogP contribution in [0, 0.1) is 5.41 Å². The minimum Gasteiger partial charge on any atom is -0.493 e. The summed E-state index contributed by atoms with van der Waals surface area (Å²) in [5, 5.41) is 21.6. The van der Waals surface area contributed by atoms with Crippen LogP contribution >= 0.6 is 0 Å². The van der Waals surface area contributed by atoms with Gasteiger partial charge < -0.3 is 31.5 Å². The van der Waals surface area contributed by atoms with Gasteiger partial charge in [0, 0.05) is 34.8 Å². The predicted octanol–water partition coefficient (Wildman–Crippen LogP) is 3.09. The van der Waals surface area contributed by atoms with E-state index in [1.807, 2.05) is 38.1 Å². The van der Waals surface area contributed by atoms with Crippen molar-refractivity contribution in [1.82, 2.24) is 20.5 Å².